The van der Waals surface area contributed by atoms with E-state index >= 15 is 0 Å². The lowest BCUT2D eigenvalue weighted by molar-refractivity contribution is -0.250. The maximum atomic E-state index is 12.5. The summed E-state index contributed by atoms with van der Waals surface area (Å²) in [6, 6.07) is 6.56. The maximum Gasteiger partial charge on any atom is 0.456 e. The molecule has 1 rings (SSSR count). The summed E-state index contributed by atoms with van der Waals surface area (Å²) in [5.41, 5.74) is 0.457. The van der Waals surface area contributed by atoms with Crippen LogP contribution in [0.1, 0.15) is 5.56 Å². The molecular weight excluding hydrogens is 274 g/mol. The van der Waals surface area contributed by atoms with Gasteiger partial charge in [-0.2, -0.15) is 8.78 Å². The molecule has 0 spiro atoms. The van der Waals surface area contributed by atoms with Crippen LogP contribution >= 0.6 is 15.9 Å². The summed E-state index contributed by atoms with van der Waals surface area (Å²) in [6.45, 7) is -0.472. The van der Waals surface area contributed by atoms with Gasteiger partial charge in [-0.3, -0.25) is 0 Å². The first-order chi connectivity index (χ1) is 6.93. The molecule has 82 valence electrons. The summed E-state index contributed by atoms with van der Waals surface area (Å²) in [5, 5.41) is 8.10. The quantitative estimate of drug-likeness (QED) is 0.922. The fourth-order valence-corrected chi connectivity index (χ4v) is 1.24. The molecule has 0 saturated carbocycles. The Hall–Kier alpha value is -1.01. The summed E-state index contributed by atoms with van der Waals surface area (Å²) in [5.74, 6) is -2.30. The number of hydrogen-bond acceptors (Lipinski definition) is 2. The van der Waals surface area contributed by atoms with Gasteiger partial charge in [-0.25, -0.2) is 4.79 Å². The molecule has 1 N–H and O–H groups in total. The van der Waals surface area contributed by atoms with Crippen LogP contribution in [0.25, 0.3) is 0 Å². The molecule has 0 fully saturated rings. The van der Waals surface area contributed by atoms with Crippen molar-refractivity contribution in [3.63, 3.8) is 0 Å². The molecule has 0 radical (unpaired) electrons. The van der Waals surface area contributed by atoms with Crippen molar-refractivity contribution in [2.24, 2.45) is 0 Å². The van der Waals surface area contributed by atoms with E-state index in [1.54, 1.807) is 24.3 Å². The third kappa shape index (κ3) is 3.24. The van der Waals surface area contributed by atoms with Gasteiger partial charge in [0, 0.05) is 4.47 Å². The van der Waals surface area contributed by atoms with E-state index in [-0.39, 0.29) is 0 Å². The third-order valence-electron chi connectivity index (χ3n) is 1.62. The topological polar surface area (TPSA) is 46.5 Å². The molecule has 0 atom stereocenters. The van der Waals surface area contributed by atoms with Gasteiger partial charge >= 0.3 is 12.1 Å². The molecule has 3 nitrogen and oxygen atoms in total. The fraction of sp³-hybridized carbons (Fsp3) is 0.222. The second-order valence-electron chi connectivity index (χ2n) is 2.70. The van der Waals surface area contributed by atoms with E-state index in [2.05, 4.69) is 20.7 Å². The monoisotopic (exact) mass is 280 g/mol. The van der Waals surface area contributed by atoms with Crippen LogP contribution in [0.2, 0.25) is 0 Å². The van der Waals surface area contributed by atoms with Crippen LogP contribution in [0.15, 0.2) is 28.7 Å². The summed E-state index contributed by atoms with van der Waals surface area (Å²) < 4.78 is 29.6. The van der Waals surface area contributed by atoms with E-state index in [1.807, 2.05) is 0 Å². The molecule has 0 aliphatic heterocycles. The normalized spacial score (nSPS) is 11.4. The molecule has 0 aliphatic carbocycles. The molecule has 0 saturated heterocycles. The highest BCUT2D eigenvalue weighted by Crippen LogP contribution is 2.22. The minimum atomic E-state index is -4.16. The largest absolute Gasteiger partial charge is 0.475 e. The molecule has 0 bridgehead atoms. The van der Waals surface area contributed by atoms with Crippen LogP contribution in [0.4, 0.5) is 8.78 Å². The van der Waals surface area contributed by atoms with Crippen LogP contribution in [0.5, 0.6) is 0 Å². The minimum Gasteiger partial charge on any atom is -0.475 e. The van der Waals surface area contributed by atoms with Crippen molar-refractivity contribution in [2.45, 2.75) is 12.7 Å². The Balaban J connectivity index is 2.66. The van der Waals surface area contributed by atoms with Crippen LogP contribution in [-0.4, -0.2) is 17.2 Å². The highest BCUT2D eigenvalue weighted by molar-refractivity contribution is 9.10. The fourth-order valence-electron chi connectivity index (χ4n) is 0.846. The van der Waals surface area contributed by atoms with Gasteiger partial charge < -0.3 is 9.84 Å². The van der Waals surface area contributed by atoms with Gasteiger partial charge in [-0.15, -0.1) is 0 Å². The lowest BCUT2D eigenvalue weighted by atomic mass is 10.2. The zero-order chi connectivity index (χ0) is 11.5. The SMILES string of the molecule is O=C(O)C(F)(F)OCc1ccccc1Br. The molecule has 1 aromatic carbocycles. The number of alkyl halides is 2. The molecule has 15 heavy (non-hydrogen) atoms. The Morgan fingerprint density at radius 3 is 2.60 bits per heavy atom. The smallest absolute Gasteiger partial charge is 0.456 e. The van der Waals surface area contributed by atoms with Crippen molar-refractivity contribution in [1.29, 1.82) is 0 Å². The summed E-state index contributed by atoms with van der Waals surface area (Å²) in [7, 11) is 0. The molecule has 0 aliphatic rings. The Bertz CT molecular complexity index is 368. The Labute approximate surface area is 92.8 Å². The number of carboxylic acids is 1. The molecular formula is C9H7BrF2O3. The van der Waals surface area contributed by atoms with Crippen LogP contribution in [-0.2, 0) is 16.1 Å². The second kappa shape index (κ2) is 4.67. The minimum absolute atomic E-state index is 0.457. The number of benzene rings is 1. The number of halogens is 3. The first-order valence-electron chi connectivity index (χ1n) is 3.92. The van der Waals surface area contributed by atoms with Gasteiger partial charge in [-0.1, -0.05) is 34.1 Å². The number of carboxylic acid groups (broad SMARTS) is 1. The van der Waals surface area contributed by atoms with E-state index in [9.17, 15) is 13.6 Å². The number of aliphatic carboxylic acids is 1. The lowest BCUT2D eigenvalue weighted by Crippen LogP contribution is -2.31. The van der Waals surface area contributed by atoms with Crippen molar-refractivity contribution in [3.05, 3.63) is 34.3 Å². The predicted molar refractivity (Wildman–Crippen MR) is 51.5 cm³/mol. The third-order valence-corrected chi connectivity index (χ3v) is 2.39. The van der Waals surface area contributed by atoms with Gasteiger partial charge in [-0.05, 0) is 11.6 Å². The van der Waals surface area contributed by atoms with E-state index in [0.29, 0.717) is 10.0 Å². The summed E-state index contributed by atoms with van der Waals surface area (Å²) in [6.07, 6.45) is -4.16. The Morgan fingerprint density at radius 1 is 1.47 bits per heavy atom. The lowest BCUT2D eigenvalue weighted by Gasteiger charge is -2.12. The highest BCUT2D eigenvalue weighted by atomic mass is 79.9. The van der Waals surface area contributed by atoms with Crippen molar-refractivity contribution >= 4 is 21.9 Å². The zero-order valence-electron chi connectivity index (χ0n) is 7.41. The second-order valence-corrected chi connectivity index (χ2v) is 3.56. The Morgan fingerprint density at radius 2 is 2.07 bits per heavy atom. The van der Waals surface area contributed by atoms with E-state index in [0.717, 1.165) is 0 Å². The zero-order valence-corrected chi connectivity index (χ0v) is 9.00. The van der Waals surface area contributed by atoms with Crippen molar-refractivity contribution in [1.82, 2.24) is 0 Å². The molecule has 6 heteroatoms. The highest BCUT2D eigenvalue weighted by Gasteiger charge is 2.40. The number of rotatable bonds is 4. The van der Waals surface area contributed by atoms with Crippen molar-refractivity contribution < 1.29 is 23.4 Å². The first-order valence-corrected chi connectivity index (χ1v) is 4.71. The molecule has 1 aromatic rings. The molecule has 0 amide bonds. The summed E-state index contributed by atoms with van der Waals surface area (Å²) in [4.78, 5) is 10.0. The van der Waals surface area contributed by atoms with Crippen LogP contribution < -0.4 is 0 Å². The predicted octanol–water partition coefficient (Wildman–Crippen LogP) is 2.64. The van der Waals surface area contributed by atoms with Crippen LogP contribution in [0, 0.1) is 0 Å². The van der Waals surface area contributed by atoms with Crippen LogP contribution in [0.3, 0.4) is 0 Å². The average molecular weight is 281 g/mol. The van der Waals surface area contributed by atoms with Crippen molar-refractivity contribution in [2.75, 3.05) is 0 Å². The van der Waals surface area contributed by atoms with Gasteiger partial charge in [0.05, 0.1) is 6.61 Å². The Kier molecular flexibility index (Phi) is 3.76. The van der Waals surface area contributed by atoms with Gasteiger partial charge in [0.2, 0.25) is 0 Å². The number of hydrogen-bond donors (Lipinski definition) is 1. The average Bonchev–Trinajstić information content (AvgIpc) is 2.16. The van der Waals surface area contributed by atoms with Crippen molar-refractivity contribution in [3.8, 4) is 0 Å². The van der Waals surface area contributed by atoms with E-state index < -0.39 is 18.7 Å². The maximum absolute atomic E-state index is 12.5. The van der Waals surface area contributed by atoms with Gasteiger partial charge in [0.15, 0.2) is 0 Å². The molecule has 0 unspecified atom stereocenters. The molecule has 0 heterocycles. The molecule has 0 aromatic heterocycles. The first kappa shape index (κ1) is 12.1. The van der Waals surface area contributed by atoms with E-state index in [4.69, 9.17) is 5.11 Å². The number of ether oxygens (including phenoxy) is 1. The van der Waals surface area contributed by atoms with E-state index in [1.165, 1.54) is 0 Å². The number of carbonyl (C=O) groups is 1. The van der Waals surface area contributed by atoms with Gasteiger partial charge in [0.1, 0.15) is 0 Å². The van der Waals surface area contributed by atoms with Gasteiger partial charge in [0.25, 0.3) is 0 Å². The standard InChI is InChI=1S/C9H7BrF2O3/c10-7-4-2-1-3-6(7)5-15-9(11,12)8(13)14/h1-4H,5H2,(H,13,14). The summed E-state index contributed by atoms with van der Waals surface area (Å²) >= 11 is 3.13.